The molecule has 2 aromatic rings. The largest absolute Gasteiger partial charge is 0.493 e. The molecule has 3 rings (SSSR count). The SMILES string of the molecule is O=C(CCn1ccccc1=O)NC[C@H]1CCOc2ccccc2C1. The van der Waals surface area contributed by atoms with Crippen LogP contribution in [0.2, 0.25) is 0 Å². The predicted octanol–water partition coefficient (Wildman–Crippen LogP) is 2.00. The summed E-state index contributed by atoms with van der Waals surface area (Å²) >= 11 is 0. The molecule has 0 bridgehead atoms. The number of hydrogen-bond acceptors (Lipinski definition) is 3. The van der Waals surface area contributed by atoms with Gasteiger partial charge in [0.1, 0.15) is 5.75 Å². The maximum absolute atomic E-state index is 12.0. The molecule has 1 aliphatic rings. The average molecular weight is 326 g/mol. The molecule has 0 unspecified atom stereocenters. The Balaban J connectivity index is 1.48. The van der Waals surface area contributed by atoms with Crippen molar-refractivity contribution >= 4 is 5.91 Å². The van der Waals surface area contributed by atoms with Gasteiger partial charge in [-0.1, -0.05) is 24.3 Å². The number of carbonyl (C=O) groups excluding carboxylic acids is 1. The van der Waals surface area contributed by atoms with Crippen molar-refractivity contribution in [3.05, 3.63) is 64.6 Å². The lowest BCUT2D eigenvalue weighted by atomic mass is 9.97. The third kappa shape index (κ3) is 4.25. The van der Waals surface area contributed by atoms with Crippen molar-refractivity contribution in [2.24, 2.45) is 5.92 Å². The summed E-state index contributed by atoms with van der Waals surface area (Å²) in [6.07, 6.45) is 3.85. The average Bonchev–Trinajstić information content (AvgIpc) is 2.81. The van der Waals surface area contributed by atoms with E-state index in [1.807, 2.05) is 18.2 Å². The molecule has 2 heterocycles. The van der Waals surface area contributed by atoms with Gasteiger partial charge in [-0.3, -0.25) is 9.59 Å². The predicted molar refractivity (Wildman–Crippen MR) is 92.1 cm³/mol. The highest BCUT2D eigenvalue weighted by atomic mass is 16.5. The second kappa shape index (κ2) is 7.81. The number of fused-ring (bicyclic) bond motifs is 1. The van der Waals surface area contributed by atoms with E-state index < -0.39 is 0 Å². The van der Waals surface area contributed by atoms with Crippen LogP contribution >= 0.6 is 0 Å². The minimum absolute atomic E-state index is 0.0239. The molecule has 5 heteroatoms. The third-order valence-corrected chi connectivity index (χ3v) is 4.33. The highest BCUT2D eigenvalue weighted by Gasteiger charge is 2.17. The number of aryl methyl sites for hydroxylation is 1. The second-order valence-electron chi connectivity index (χ2n) is 6.10. The molecular formula is C19H22N2O3. The van der Waals surface area contributed by atoms with E-state index in [0.717, 1.165) is 18.6 Å². The number of nitrogens with zero attached hydrogens (tertiary/aromatic N) is 1. The molecule has 1 atom stereocenters. The Morgan fingerprint density at radius 3 is 2.92 bits per heavy atom. The quantitative estimate of drug-likeness (QED) is 0.914. The number of nitrogens with one attached hydrogen (secondary N) is 1. The van der Waals surface area contributed by atoms with E-state index in [2.05, 4.69) is 11.4 Å². The van der Waals surface area contributed by atoms with Gasteiger partial charge < -0.3 is 14.6 Å². The number of amides is 1. The summed E-state index contributed by atoms with van der Waals surface area (Å²) in [5.74, 6) is 1.30. The normalized spacial score (nSPS) is 16.6. The standard InChI is InChI=1S/C19H22N2O3/c22-18(8-11-21-10-4-3-7-19(21)23)20-14-15-9-12-24-17-6-2-1-5-16(17)13-15/h1-7,10,15H,8-9,11-14H2,(H,20,22)/t15-/m0/s1. The lowest BCUT2D eigenvalue weighted by Crippen LogP contribution is -2.32. The molecule has 1 aromatic carbocycles. The first-order chi connectivity index (χ1) is 11.7. The molecule has 1 amide bonds. The molecule has 0 fully saturated rings. The molecule has 1 N–H and O–H groups in total. The monoisotopic (exact) mass is 326 g/mol. The van der Waals surface area contributed by atoms with E-state index in [0.29, 0.717) is 32.0 Å². The smallest absolute Gasteiger partial charge is 0.250 e. The summed E-state index contributed by atoms with van der Waals surface area (Å²) in [6.45, 7) is 1.72. The van der Waals surface area contributed by atoms with Crippen LogP contribution in [0.15, 0.2) is 53.5 Å². The van der Waals surface area contributed by atoms with E-state index in [-0.39, 0.29) is 11.5 Å². The zero-order valence-corrected chi connectivity index (χ0v) is 13.6. The molecule has 0 radical (unpaired) electrons. The van der Waals surface area contributed by atoms with Crippen molar-refractivity contribution in [1.82, 2.24) is 9.88 Å². The second-order valence-corrected chi connectivity index (χ2v) is 6.10. The molecule has 1 aliphatic heterocycles. The Morgan fingerprint density at radius 2 is 2.04 bits per heavy atom. The first kappa shape index (κ1) is 16.3. The topological polar surface area (TPSA) is 60.3 Å². The van der Waals surface area contributed by atoms with Gasteiger partial charge in [-0.2, -0.15) is 0 Å². The first-order valence-electron chi connectivity index (χ1n) is 8.35. The fraction of sp³-hybridized carbons (Fsp3) is 0.368. The maximum Gasteiger partial charge on any atom is 0.250 e. The van der Waals surface area contributed by atoms with Crippen LogP contribution < -0.4 is 15.6 Å². The summed E-state index contributed by atoms with van der Waals surface area (Å²) in [5, 5.41) is 2.99. The minimum Gasteiger partial charge on any atom is -0.493 e. The van der Waals surface area contributed by atoms with Crippen molar-refractivity contribution < 1.29 is 9.53 Å². The molecule has 126 valence electrons. The first-order valence-corrected chi connectivity index (χ1v) is 8.35. The van der Waals surface area contributed by atoms with Gasteiger partial charge in [0.2, 0.25) is 5.91 Å². The molecular weight excluding hydrogens is 304 g/mol. The molecule has 5 nitrogen and oxygen atoms in total. The highest BCUT2D eigenvalue weighted by Crippen LogP contribution is 2.26. The van der Waals surface area contributed by atoms with Gasteiger partial charge in [-0.25, -0.2) is 0 Å². The number of pyridine rings is 1. The number of aromatic nitrogens is 1. The van der Waals surface area contributed by atoms with E-state index in [4.69, 9.17) is 4.74 Å². The van der Waals surface area contributed by atoms with Gasteiger partial charge in [0.15, 0.2) is 0 Å². The lowest BCUT2D eigenvalue weighted by Gasteiger charge is -2.15. The van der Waals surface area contributed by atoms with Gasteiger partial charge in [-0.05, 0) is 36.5 Å². The van der Waals surface area contributed by atoms with Gasteiger partial charge in [0.25, 0.3) is 5.56 Å². The van der Waals surface area contributed by atoms with Crippen molar-refractivity contribution in [1.29, 1.82) is 0 Å². The number of carbonyl (C=O) groups is 1. The van der Waals surface area contributed by atoms with Crippen LogP contribution in [0.3, 0.4) is 0 Å². The van der Waals surface area contributed by atoms with Crippen LogP contribution in [-0.4, -0.2) is 23.6 Å². The fourth-order valence-corrected chi connectivity index (χ4v) is 2.95. The fourth-order valence-electron chi connectivity index (χ4n) is 2.95. The number of benzene rings is 1. The highest BCUT2D eigenvalue weighted by molar-refractivity contribution is 5.75. The summed E-state index contributed by atoms with van der Waals surface area (Å²) < 4.78 is 7.30. The molecule has 0 saturated heterocycles. The van der Waals surface area contributed by atoms with Crippen LogP contribution in [0.25, 0.3) is 0 Å². The number of ether oxygens (including phenoxy) is 1. The Morgan fingerprint density at radius 1 is 1.21 bits per heavy atom. The van der Waals surface area contributed by atoms with Crippen LogP contribution in [0.4, 0.5) is 0 Å². The van der Waals surface area contributed by atoms with Crippen LogP contribution in [0.5, 0.6) is 5.75 Å². The Kier molecular flexibility index (Phi) is 5.31. The van der Waals surface area contributed by atoms with Gasteiger partial charge in [-0.15, -0.1) is 0 Å². The zero-order chi connectivity index (χ0) is 16.8. The van der Waals surface area contributed by atoms with E-state index in [1.54, 1.807) is 22.9 Å². The number of hydrogen-bond donors (Lipinski definition) is 1. The zero-order valence-electron chi connectivity index (χ0n) is 13.6. The Bertz CT molecular complexity index is 754. The number of para-hydroxylation sites is 1. The summed E-state index contributed by atoms with van der Waals surface area (Å²) in [7, 11) is 0. The molecule has 24 heavy (non-hydrogen) atoms. The Labute approximate surface area is 141 Å². The van der Waals surface area contributed by atoms with Crippen LogP contribution in [0, 0.1) is 5.92 Å². The van der Waals surface area contributed by atoms with Crippen LogP contribution in [0.1, 0.15) is 18.4 Å². The lowest BCUT2D eigenvalue weighted by molar-refractivity contribution is -0.121. The number of rotatable bonds is 5. The van der Waals surface area contributed by atoms with Crippen molar-refractivity contribution in [3.8, 4) is 5.75 Å². The minimum atomic E-state index is -0.0807. The van der Waals surface area contributed by atoms with Crippen molar-refractivity contribution in [2.45, 2.75) is 25.8 Å². The van der Waals surface area contributed by atoms with E-state index in [1.165, 1.54) is 11.6 Å². The molecule has 0 aliphatic carbocycles. The molecule has 1 aromatic heterocycles. The van der Waals surface area contributed by atoms with E-state index in [9.17, 15) is 9.59 Å². The summed E-state index contributed by atoms with van der Waals surface area (Å²) in [5.41, 5.74) is 1.12. The summed E-state index contributed by atoms with van der Waals surface area (Å²) in [6, 6.07) is 13.1. The Hall–Kier alpha value is -2.56. The summed E-state index contributed by atoms with van der Waals surface area (Å²) in [4.78, 5) is 23.7. The van der Waals surface area contributed by atoms with Crippen molar-refractivity contribution in [3.63, 3.8) is 0 Å². The molecule has 0 saturated carbocycles. The van der Waals surface area contributed by atoms with Crippen molar-refractivity contribution in [2.75, 3.05) is 13.2 Å². The third-order valence-electron chi connectivity index (χ3n) is 4.33. The van der Waals surface area contributed by atoms with Gasteiger partial charge in [0.05, 0.1) is 6.61 Å². The maximum atomic E-state index is 12.0. The molecule has 0 spiro atoms. The van der Waals surface area contributed by atoms with Gasteiger partial charge in [0, 0.05) is 31.8 Å². The van der Waals surface area contributed by atoms with E-state index >= 15 is 0 Å². The van der Waals surface area contributed by atoms with Gasteiger partial charge >= 0.3 is 0 Å². The van der Waals surface area contributed by atoms with Crippen LogP contribution in [-0.2, 0) is 17.8 Å².